The largest absolute Gasteiger partial charge is 0.494 e. The topological polar surface area (TPSA) is 77.2 Å². The standard InChI is InChI=1S/C22H21N3O2S/c1-4-27-15-8-9-17-14(10-15)11-16-18(23)20(28-22(16)24-17)21(26)25-19-12(2)6-5-7-13(19)3/h5-11H,4,23H2,1-3H3,(H,25,26). The minimum atomic E-state index is -0.211. The van der Waals surface area contributed by atoms with E-state index in [0.29, 0.717) is 17.2 Å². The summed E-state index contributed by atoms with van der Waals surface area (Å²) in [4.78, 5) is 18.8. The molecule has 0 aliphatic rings. The first-order valence-corrected chi connectivity index (χ1v) is 9.92. The summed E-state index contributed by atoms with van der Waals surface area (Å²) in [5.41, 5.74) is 10.5. The Bertz CT molecular complexity index is 1190. The van der Waals surface area contributed by atoms with Gasteiger partial charge in [-0.25, -0.2) is 4.98 Å². The van der Waals surface area contributed by atoms with Crippen LogP contribution < -0.4 is 15.8 Å². The molecule has 6 heteroatoms. The molecule has 0 fully saturated rings. The molecule has 0 spiro atoms. The SMILES string of the molecule is CCOc1ccc2nc3sc(C(=O)Nc4c(C)cccc4C)c(N)c3cc2c1. The van der Waals surface area contributed by atoms with Crippen molar-refractivity contribution in [3.05, 3.63) is 58.5 Å². The van der Waals surface area contributed by atoms with E-state index < -0.39 is 0 Å². The highest BCUT2D eigenvalue weighted by atomic mass is 32.1. The van der Waals surface area contributed by atoms with Crippen LogP contribution in [-0.2, 0) is 0 Å². The van der Waals surface area contributed by atoms with Crippen molar-refractivity contribution in [2.45, 2.75) is 20.8 Å². The number of aromatic nitrogens is 1. The number of fused-ring (bicyclic) bond motifs is 2. The summed E-state index contributed by atoms with van der Waals surface area (Å²) in [5, 5.41) is 4.73. The third kappa shape index (κ3) is 3.16. The molecule has 0 radical (unpaired) electrons. The van der Waals surface area contributed by atoms with E-state index in [1.807, 2.05) is 63.2 Å². The van der Waals surface area contributed by atoms with Crippen LogP contribution in [0.2, 0.25) is 0 Å². The highest BCUT2D eigenvalue weighted by Crippen LogP contribution is 2.36. The molecule has 0 aliphatic carbocycles. The van der Waals surface area contributed by atoms with E-state index in [0.717, 1.165) is 43.7 Å². The Kier molecular flexibility index (Phi) is 4.65. The fraction of sp³-hybridized carbons (Fsp3) is 0.182. The van der Waals surface area contributed by atoms with E-state index in [2.05, 4.69) is 10.3 Å². The lowest BCUT2D eigenvalue weighted by Gasteiger charge is -2.10. The third-order valence-electron chi connectivity index (χ3n) is 4.72. The van der Waals surface area contributed by atoms with Gasteiger partial charge in [0.1, 0.15) is 15.5 Å². The van der Waals surface area contributed by atoms with E-state index >= 15 is 0 Å². The quantitative estimate of drug-likeness (QED) is 0.495. The molecule has 142 valence electrons. The van der Waals surface area contributed by atoms with Crippen LogP contribution in [0.3, 0.4) is 0 Å². The Morgan fingerprint density at radius 3 is 2.64 bits per heavy atom. The van der Waals surface area contributed by atoms with E-state index in [1.165, 1.54) is 11.3 Å². The van der Waals surface area contributed by atoms with Crippen molar-refractivity contribution in [2.75, 3.05) is 17.7 Å². The number of ether oxygens (including phenoxy) is 1. The van der Waals surface area contributed by atoms with Gasteiger partial charge in [-0.2, -0.15) is 0 Å². The second-order valence-corrected chi connectivity index (χ2v) is 7.69. The monoisotopic (exact) mass is 391 g/mol. The predicted molar refractivity (Wildman–Crippen MR) is 117 cm³/mol. The van der Waals surface area contributed by atoms with Crippen LogP contribution in [0.15, 0.2) is 42.5 Å². The average molecular weight is 391 g/mol. The first kappa shape index (κ1) is 18.3. The number of para-hydroxylation sites is 1. The second-order valence-electron chi connectivity index (χ2n) is 6.69. The number of carbonyl (C=O) groups excluding carboxylic acids is 1. The summed E-state index contributed by atoms with van der Waals surface area (Å²) in [5.74, 6) is 0.579. The molecule has 2 heterocycles. The molecule has 2 aromatic carbocycles. The lowest BCUT2D eigenvalue weighted by molar-refractivity contribution is 0.103. The van der Waals surface area contributed by atoms with Crippen LogP contribution >= 0.6 is 11.3 Å². The second kappa shape index (κ2) is 7.13. The van der Waals surface area contributed by atoms with Gasteiger partial charge in [-0.15, -0.1) is 11.3 Å². The molecule has 4 aromatic rings. The van der Waals surface area contributed by atoms with Gasteiger partial charge in [-0.05, 0) is 56.2 Å². The summed E-state index contributed by atoms with van der Waals surface area (Å²) >= 11 is 1.31. The number of hydrogen-bond donors (Lipinski definition) is 2. The summed E-state index contributed by atoms with van der Waals surface area (Å²) in [7, 11) is 0. The Labute approximate surface area is 167 Å². The molecule has 0 unspecified atom stereocenters. The lowest BCUT2D eigenvalue weighted by Crippen LogP contribution is -2.13. The number of hydrogen-bond acceptors (Lipinski definition) is 5. The fourth-order valence-electron chi connectivity index (χ4n) is 3.29. The summed E-state index contributed by atoms with van der Waals surface area (Å²) in [6, 6.07) is 13.7. The number of aryl methyl sites for hydroxylation is 2. The van der Waals surface area contributed by atoms with Crippen molar-refractivity contribution in [2.24, 2.45) is 0 Å². The molecule has 28 heavy (non-hydrogen) atoms. The van der Waals surface area contributed by atoms with E-state index in [-0.39, 0.29) is 5.91 Å². The maximum Gasteiger partial charge on any atom is 0.267 e. The van der Waals surface area contributed by atoms with Crippen LogP contribution in [0.5, 0.6) is 5.75 Å². The van der Waals surface area contributed by atoms with Gasteiger partial charge in [-0.3, -0.25) is 4.79 Å². The molecule has 4 rings (SSSR count). The number of carbonyl (C=O) groups is 1. The van der Waals surface area contributed by atoms with E-state index in [4.69, 9.17) is 10.5 Å². The number of benzene rings is 2. The van der Waals surface area contributed by atoms with Gasteiger partial charge in [-0.1, -0.05) is 18.2 Å². The minimum absolute atomic E-state index is 0.211. The molecule has 1 amide bonds. The zero-order valence-electron chi connectivity index (χ0n) is 16.0. The minimum Gasteiger partial charge on any atom is -0.494 e. The molecule has 0 saturated heterocycles. The summed E-state index contributed by atoms with van der Waals surface area (Å²) < 4.78 is 5.57. The highest BCUT2D eigenvalue weighted by molar-refractivity contribution is 7.21. The molecule has 0 saturated carbocycles. The maximum absolute atomic E-state index is 12.9. The molecule has 2 aromatic heterocycles. The number of rotatable bonds is 4. The third-order valence-corrected chi connectivity index (χ3v) is 5.84. The normalized spacial score (nSPS) is 11.1. The number of anilines is 2. The van der Waals surface area contributed by atoms with Crippen LogP contribution in [0.4, 0.5) is 11.4 Å². The zero-order valence-corrected chi connectivity index (χ0v) is 16.8. The maximum atomic E-state index is 12.9. The van der Waals surface area contributed by atoms with Crippen molar-refractivity contribution in [3.63, 3.8) is 0 Å². The first-order chi connectivity index (χ1) is 13.5. The van der Waals surface area contributed by atoms with E-state index in [9.17, 15) is 4.79 Å². The number of nitrogen functional groups attached to an aromatic ring is 1. The number of nitrogens with one attached hydrogen (secondary N) is 1. The van der Waals surface area contributed by atoms with Crippen LogP contribution in [0, 0.1) is 13.8 Å². The number of nitrogens with zero attached hydrogens (tertiary/aromatic N) is 1. The fourth-order valence-corrected chi connectivity index (χ4v) is 4.27. The van der Waals surface area contributed by atoms with Crippen LogP contribution in [0.1, 0.15) is 27.7 Å². The average Bonchev–Trinajstić information content (AvgIpc) is 2.99. The highest BCUT2D eigenvalue weighted by Gasteiger charge is 2.19. The van der Waals surface area contributed by atoms with Gasteiger partial charge in [0.05, 0.1) is 17.8 Å². The number of pyridine rings is 1. The number of amides is 1. The summed E-state index contributed by atoms with van der Waals surface area (Å²) in [6.07, 6.45) is 0. The van der Waals surface area contributed by atoms with Crippen LogP contribution in [-0.4, -0.2) is 17.5 Å². The smallest absolute Gasteiger partial charge is 0.267 e. The number of nitrogens with two attached hydrogens (primary N) is 1. The molecule has 0 atom stereocenters. The van der Waals surface area contributed by atoms with Gasteiger partial charge in [0, 0.05) is 16.5 Å². The summed E-state index contributed by atoms with van der Waals surface area (Å²) in [6.45, 7) is 6.50. The Balaban J connectivity index is 1.76. The Morgan fingerprint density at radius 1 is 1.18 bits per heavy atom. The van der Waals surface area contributed by atoms with Gasteiger partial charge in [0.2, 0.25) is 0 Å². The van der Waals surface area contributed by atoms with E-state index in [1.54, 1.807) is 0 Å². The predicted octanol–water partition coefficient (Wildman–Crippen LogP) is 5.30. The Morgan fingerprint density at radius 2 is 1.93 bits per heavy atom. The van der Waals surface area contributed by atoms with Crippen molar-refractivity contribution < 1.29 is 9.53 Å². The zero-order chi connectivity index (χ0) is 19.8. The molecule has 0 aliphatic heterocycles. The van der Waals surface area contributed by atoms with Gasteiger partial charge < -0.3 is 15.8 Å². The van der Waals surface area contributed by atoms with Gasteiger partial charge in [0.25, 0.3) is 5.91 Å². The van der Waals surface area contributed by atoms with Gasteiger partial charge in [0.15, 0.2) is 0 Å². The van der Waals surface area contributed by atoms with Crippen molar-refractivity contribution >= 4 is 49.7 Å². The lowest BCUT2D eigenvalue weighted by atomic mass is 10.1. The van der Waals surface area contributed by atoms with Crippen molar-refractivity contribution in [1.82, 2.24) is 4.98 Å². The molecular formula is C22H21N3O2S. The van der Waals surface area contributed by atoms with Crippen LogP contribution in [0.25, 0.3) is 21.1 Å². The van der Waals surface area contributed by atoms with Crippen molar-refractivity contribution in [3.8, 4) is 5.75 Å². The molecule has 3 N–H and O–H groups in total. The Hall–Kier alpha value is -3.12. The van der Waals surface area contributed by atoms with Crippen molar-refractivity contribution in [1.29, 1.82) is 0 Å². The molecular weight excluding hydrogens is 370 g/mol. The number of thiophene rings is 1. The molecule has 5 nitrogen and oxygen atoms in total. The van der Waals surface area contributed by atoms with Gasteiger partial charge >= 0.3 is 0 Å². The first-order valence-electron chi connectivity index (χ1n) is 9.11. The molecule has 0 bridgehead atoms.